The number of halogens is 3. The van der Waals surface area contributed by atoms with Crippen molar-refractivity contribution in [1.29, 1.82) is 0 Å². The molecule has 110 valence electrons. The van der Waals surface area contributed by atoms with Gasteiger partial charge in [0.2, 0.25) is 5.91 Å². The molecule has 1 amide bonds. The molecule has 0 bridgehead atoms. The Kier molecular flexibility index (Phi) is 4.67. The predicted molar refractivity (Wildman–Crippen MR) is 62.6 cm³/mol. The van der Waals surface area contributed by atoms with Crippen LogP contribution in [0.15, 0.2) is 0 Å². The Balaban J connectivity index is 1.74. The van der Waals surface area contributed by atoms with E-state index in [1.165, 1.54) is 0 Å². The average Bonchev–Trinajstić information content (AvgIpc) is 2.39. The van der Waals surface area contributed by atoms with Crippen LogP contribution in [0.5, 0.6) is 0 Å². The van der Waals surface area contributed by atoms with Crippen LogP contribution >= 0.6 is 0 Å². The number of ether oxygens (including phenoxy) is 1. The van der Waals surface area contributed by atoms with Crippen molar-refractivity contribution in [3.05, 3.63) is 0 Å². The van der Waals surface area contributed by atoms with Gasteiger partial charge in [-0.25, -0.2) is 0 Å². The summed E-state index contributed by atoms with van der Waals surface area (Å²) in [7, 11) is 0. The van der Waals surface area contributed by atoms with Crippen molar-refractivity contribution >= 4 is 5.91 Å². The molecule has 0 aromatic rings. The molecular weight excluding hydrogens is 261 g/mol. The highest BCUT2D eigenvalue weighted by atomic mass is 19.4. The molecule has 2 N–H and O–H groups in total. The highest BCUT2D eigenvalue weighted by Crippen LogP contribution is 2.26. The Morgan fingerprint density at radius 3 is 2.53 bits per heavy atom. The summed E-state index contributed by atoms with van der Waals surface area (Å²) in [6.07, 6.45) is -1.69. The van der Waals surface area contributed by atoms with Gasteiger partial charge >= 0.3 is 6.18 Å². The third kappa shape index (κ3) is 4.07. The summed E-state index contributed by atoms with van der Waals surface area (Å²) in [5.74, 6) is -0.197. The van der Waals surface area contributed by atoms with E-state index in [0.29, 0.717) is 19.4 Å². The molecular formula is C12H19F3N2O2. The molecule has 2 aliphatic rings. The number of hydrogen-bond acceptors (Lipinski definition) is 3. The lowest BCUT2D eigenvalue weighted by atomic mass is 9.99. The van der Waals surface area contributed by atoms with Gasteiger partial charge in [-0.05, 0) is 32.1 Å². The lowest BCUT2D eigenvalue weighted by Crippen LogP contribution is -2.55. The monoisotopic (exact) mass is 280 g/mol. The Bertz CT molecular complexity index is 309. The normalized spacial score (nSPS) is 32.9. The van der Waals surface area contributed by atoms with Crippen LogP contribution in [0.2, 0.25) is 0 Å². The van der Waals surface area contributed by atoms with Crippen LogP contribution in [0.25, 0.3) is 0 Å². The van der Waals surface area contributed by atoms with E-state index in [4.69, 9.17) is 4.74 Å². The Labute approximate surface area is 110 Å². The Morgan fingerprint density at radius 2 is 2.00 bits per heavy atom. The zero-order valence-electron chi connectivity index (χ0n) is 10.6. The summed E-state index contributed by atoms with van der Waals surface area (Å²) in [6, 6.07) is -1.69. The van der Waals surface area contributed by atoms with Gasteiger partial charge in [-0.15, -0.1) is 0 Å². The number of carbonyl (C=O) groups excluding carboxylic acids is 1. The van der Waals surface area contributed by atoms with Crippen molar-refractivity contribution in [3.8, 4) is 0 Å². The molecule has 0 aromatic carbocycles. The van der Waals surface area contributed by atoms with E-state index in [1.807, 2.05) is 0 Å². The first-order chi connectivity index (χ1) is 8.97. The molecule has 4 nitrogen and oxygen atoms in total. The van der Waals surface area contributed by atoms with E-state index in [0.717, 1.165) is 12.8 Å². The number of carbonyl (C=O) groups is 1. The lowest BCUT2D eigenvalue weighted by molar-refractivity contribution is -0.161. The smallest absolute Gasteiger partial charge is 0.368 e. The number of amides is 1. The topological polar surface area (TPSA) is 50.4 Å². The minimum Gasteiger partial charge on any atom is -0.368 e. The zero-order valence-corrected chi connectivity index (χ0v) is 10.6. The second-order valence-corrected chi connectivity index (χ2v) is 5.14. The van der Waals surface area contributed by atoms with Gasteiger partial charge in [0, 0.05) is 19.2 Å². The van der Waals surface area contributed by atoms with Gasteiger partial charge in [-0.2, -0.15) is 13.2 Å². The van der Waals surface area contributed by atoms with E-state index in [1.54, 1.807) is 0 Å². The first-order valence-electron chi connectivity index (χ1n) is 6.69. The number of hydrogen-bond donors (Lipinski definition) is 2. The van der Waals surface area contributed by atoms with Crippen LogP contribution in [0.1, 0.15) is 32.1 Å². The maximum atomic E-state index is 12.5. The van der Waals surface area contributed by atoms with E-state index < -0.39 is 18.3 Å². The van der Waals surface area contributed by atoms with Gasteiger partial charge in [-0.3, -0.25) is 4.79 Å². The number of rotatable bonds is 2. The molecule has 3 unspecified atom stereocenters. The van der Waals surface area contributed by atoms with Gasteiger partial charge in [0.05, 0.1) is 0 Å². The van der Waals surface area contributed by atoms with Crippen molar-refractivity contribution in [1.82, 2.24) is 10.6 Å². The first-order valence-corrected chi connectivity index (χ1v) is 6.69. The number of alkyl halides is 3. The molecule has 0 aromatic heterocycles. The summed E-state index contributed by atoms with van der Waals surface area (Å²) in [6.45, 7) is 0.736. The van der Waals surface area contributed by atoms with Crippen LogP contribution < -0.4 is 10.6 Å². The minimum atomic E-state index is -4.21. The fourth-order valence-corrected chi connectivity index (χ4v) is 2.50. The first kappa shape index (κ1) is 14.6. The quantitative estimate of drug-likeness (QED) is 0.803. The second-order valence-electron chi connectivity index (χ2n) is 5.14. The third-order valence-corrected chi connectivity index (χ3v) is 3.63. The van der Waals surface area contributed by atoms with E-state index in [9.17, 15) is 18.0 Å². The van der Waals surface area contributed by atoms with E-state index in [-0.39, 0.29) is 24.9 Å². The zero-order chi connectivity index (χ0) is 13.9. The molecule has 2 fully saturated rings. The van der Waals surface area contributed by atoms with Gasteiger partial charge in [0.15, 0.2) is 0 Å². The van der Waals surface area contributed by atoms with Crippen LogP contribution in [0, 0.1) is 0 Å². The molecule has 2 aliphatic heterocycles. The minimum absolute atomic E-state index is 0.0000293. The molecule has 0 aliphatic carbocycles. The van der Waals surface area contributed by atoms with Crippen molar-refractivity contribution in [3.63, 3.8) is 0 Å². The second kappa shape index (κ2) is 6.09. The largest absolute Gasteiger partial charge is 0.403 e. The standard InChI is InChI=1S/C12H19F3N2O2/c13-12(14,15)10-5-4-8(7-16-10)17-11(18)9-3-1-2-6-19-9/h8-10,16H,1-7H2,(H,17,18). The van der Waals surface area contributed by atoms with Gasteiger partial charge in [0.1, 0.15) is 12.1 Å². The average molecular weight is 280 g/mol. The van der Waals surface area contributed by atoms with E-state index in [2.05, 4.69) is 10.6 Å². The highest BCUT2D eigenvalue weighted by Gasteiger charge is 2.41. The summed E-state index contributed by atoms with van der Waals surface area (Å²) < 4.78 is 42.7. The Hall–Kier alpha value is -0.820. The molecule has 2 rings (SSSR count). The van der Waals surface area contributed by atoms with Gasteiger partial charge in [-0.1, -0.05) is 0 Å². The van der Waals surface area contributed by atoms with Gasteiger partial charge < -0.3 is 15.4 Å². The highest BCUT2D eigenvalue weighted by molar-refractivity contribution is 5.81. The molecule has 7 heteroatoms. The van der Waals surface area contributed by atoms with Crippen LogP contribution in [0.4, 0.5) is 13.2 Å². The SMILES string of the molecule is O=C(NC1CCC(C(F)(F)F)NC1)C1CCCCO1. The fourth-order valence-electron chi connectivity index (χ4n) is 2.50. The number of piperidine rings is 1. The molecule has 3 atom stereocenters. The fraction of sp³-hybridized carbons (Fsp3) is 0.917. The molecule has 2 saturated heterocycles. The molecule has 0 saturated carbocycles. The van der Waals surface area contributed by atoms with E-state index >= 15 is 0 Å². The predicted octanol–water partition coefficient (Wildman–Crippen LogP) is 1.35. The lowest BCUT2D eigenvalue weighted by Gasteiger charge is -2.32. The van der Waals surface area contributed by atoms with Crippen molar-refractivity contribution < 1.29 is 22.7 Å². The summed E-state index contributed by atoms with van der Waals surface area (Å²) in [5.41, 5.74) is 0. The van der Waals surface area contributed by atoms with Crippen LogP contribution in [-0.2, 0) is 9.53 Å². The van der Waals surface area contributed by atoms with Crippen molar-refractivity contribution in [2.75, 3.05) is 13.2 Å². The summed E-state index contributed by atoms with van der Waals surface area (Å²) >= 11 is 0. The molecule has 19 heavy (non-hydrogen) atoms. The van der Waals surface area contributed by atoms with Crippen LogP contribution in [0.3, 0.4) is 0 Å². The third-order valence-electron chi connectivity index (χ3n) is 3.63. The summed E-state index contributed by atoms with van der Waals surface area (Å²) in [4.78, 5) is 11.9. The van der Waals surface area contributed by atoms with Gasteiger partial charge in [0.25, 0.3) is 0 Å². The molecule has 0 radical (unpaired) electrons. The molecule has 2 heterocycles. The van der Waals surface area contributed by atoms with Crippen molar-refractivity contribution in [2.45, 2.75) is 56.5 Å². The van der Waals surface area contributed by atoms with Crippen LogP contribution in [-0.4, -0.2) is 43.4 Å². The van der Waals surface area contributed by atoms with Crippen molar-refractivity contribution in [2.24, 2.45) is 0 Å². The maximum absolute atomic E-state index is 12.5. The Morgan fingerprint density at radius 1 is 1.21 bits per heavy atom. The molecule has 0 spiro atoms. The maximum Gasteiger partial charge on any atom is 0.403 e. The summed E-state index contributed by atoms with van der Waals surface area (Å²) in [5, 5.41) is 5.20. The number of nitrogens with one attached hydrogen (secondary N) is 2.